The summed E-state index contributed by atoms with van der Waals surface area (Å²) >= 11 is 0. The number of fused-ring (bicyclic) bond motifs is 1. The van der Waals surface area contributed by atoms with Crippen molar-refractivity contribution < 1.29 is 23.7 Å². The third-order valence-corrected chi connectivity index (χ3v) is 5.43. The number of benzene rings is 2. The van der Waals surface area contributed by atoms with Crippen molar-refractivity contribution in [3.8, 4) is 23.0 Å². The van der Waals surface area contributed by atoms with Crippen LogP contribution in [0.15, 0.2) is 54.0 Å². The van der Waals surface area contributed by atoms with E-state index in [1.165, 1.54) is 13.4 Å². The predicted octanol–water partition coefficient (Wildman–Crippen LogP) is 3.24. The molecule has 0 unspecified atom stereocenters. The Kier molecular flexibility index (Phi) is 6.07. The van der Waals surface area contributed by atoms with Gasteiger partial charge in [0.15, 0.2) is 0 Å². The Morgan fingerprint density at radius 1 is 0.970 bits per heavy atom. The van der Waals surface area contributed by atoms with Crippen LogP contribution in [0.4, 0.5) is 11.6 Å². The van der Waals surface area contributed by atoms with Crippen molar-refractivity contribution in [3.05, 3.63) is 59.6 Å². The molecule has 2 heterocycles. The summed E-state index contributed by atoms with van der Waals surface area (Å²) < 4.78 is 23.3. The first-order chi connectivity index (χ1) is 16.0. The zero-order chi connectivity index (χ0) is 23.5. The number of hydrogen-bond donors (Lipinski definition) is 2. The van der Waals surface area contributed by atoms with E-state index in [1.807, 2.05) is 19.1 Å². The lowest BCUT2D eigenvalue weighted by Gasteiger charge is -2.29. The number of carbonyl (C=O) groups excluding carboxylic acids is 1. The molecular formula is C23H25N5O5. The molecule has 0 aliphatic carbocycles. The van der Waals surface area contributed by atoms with E-state index in [2.05, 4.69) is 20.7 Å². The number of nitrogens with one attached hydrogen (secondary N) is 2. The summed E-state index contributed by atoms with van der Waals surface area (Å²) in [6.07, 6.45) is 1.44. The number of anilines is 2. The molecule has 2 N–H and O–H groups in total. The van der Waals surface area contributed by atoms with E-state index >= 15 is 0 Å². The number of carbonyl (C=O) groups is 1. The Morgan fingerprint density at radius 3 is 2.36 bits per heavy atom. The van der Waals surface area contributed by atoms with E-state index in [0.29, 0.717) is 45.9 Å². The molecule has 1 aliphatic heterocycles. The fourth-order valence-corrected chi connectivity index (χ4v) is 3.82. The molecule has 1 atom stereocenters. The monoisotopic (exact) mass is 451 g/mol. The number of rotatable bonds is 7. The van der Waals surface area contributed by atoms with Crippen LogP contribution in [-0.4, -0.2) is 49.1 Å². The van der Waals surface area contributed by atoms with E-state index in [1.54, 1.807) is 50.3 Å². The lowest BCUT2D eigenvalue weighted by Crippen LogP contribution is -2.31. The van der Waals surface area contributed by atoms with E-state index in [-0.39, 0.29) is 5.91 Å². The summed E-state index contributed by atoms with van der Waals surface area (Å²) in [5.41, 5.74) is 2.29. The molecule has 3 aromatic rings. The highest BCUT2D eigenvalue weighted by molar-refractivity contribution is 6.06. The first-order valence-electron chi connectivity index (χ1n) is 10.1. The molecule has 0 radical (unpaired) electrons. The minimum Gasteiger partial charge on any atom is -0.497 e. The summed E-state index contributed by atoms with van der Waals surface area (Å²) in [5, 5.41) is 10.5. The number of nitrogens with zero attached hydrogens (tertiary/aromatic N) is 3. The highest BCUT2D eigenvalue weighted by Crippen LogP contribution is 2.41. The molecule has 0 bridgehead atoms. The predicted molar refractivity (Wildman–Crippen MR) is 122 cm³/mol. The largest absolute Gasteiger partial charge is 0.497 e. The number of ether oxygens (including phenoxy) is 4. The second-order valence-corrected chi connectivity index (χ2v) is 7.22. The Labute approximate surface area is 191 Å². The Balaban J connectivity index is 1.80. The topological polar surface area (TPSA) is 109 Å². The van der Waals surface area contributed by atoms with E-state index in [9.17, 15) is 4.79 Å². The van der Waals surface area contributed by atoms with Crippen LogP contribution in [0.2, 0.25) is 0 Å². The molecule has 172 valence electrons. The molecule has 10 heteroatoms. The maximum absolute atomic E-state index is 13.7. The van der Waals surface area contributed by atoms with Gasteiger partial charge in [-0.15, -0.1) is 0 Å². The zero-order valence-corrected chi connectivity index (χ0v) is 19.0. The van der Waals surface area contributed by atoms with Gasteiger partial charge in [0, 0.05) is 23.4 Å². The minimum atomic E-state index is -0.596. The van der Waals surface area contributed by atoms with Crippen LogP contribution in [-0.2, 0) is 4.79 Å². The smallest absolute Gasteiger partial charge is 0.255 e. The van der Waals surface area contributed by atoms with Crippen molar-refractivity contribution in [2.45, 2.75) is 13.0 Å². The van der Waals surface area contributed by atoms with Crippen molar-refractivity contribution in [2.24, 2.45) is 0 Å². The summed E-state index contributed by atoms with van der Waals surface area (Å²) in [6.45, 7) is 1.82. The molecule has 0 fully saturated rings. The second kappa shape index (κ2) is 9.11. The first-order valence-corrected chi connectivity index (χ1v) is 10.1. The molecule has 0 saturated carbocycles. The molecule has 0 spiro atoms. The van der Waals surface area contributed by atoms with Crippen LogP contribution < -0.4 is 29.6 Å². The van der Waals surface area contributed by atoms with E-state index in [4.69, 9.17) is 18.9 Å². The number of methoxy groups -OCH3 is 4. The summed E-state index contributed by atoms with van der Waals surface area (Å²) in [5.74, 6) is 2.47. The van der Waals surface area contributed by atoms with Crippen LogP contribution in [0.25, 0.3) is 0 Å². The lowest BCUT2D eigenvalue weighted by molar-refractivity contribution is -0.113. The van der Waals surface area contributed by atoms with Crippen molar-refractivity contribution in [1.82, 2.24) is 14.8 Å². The standard InChI is InChI=1S/C23H25N5O5/c1-13-20(22(29)27-17-10-14(30-2)7-9-18(17)32-4)21(28-23(26-13)24-12-25-28)16-8-6-15(31-3)11-19(16)33-5/h6-12,21H,1-5H3,(H,27,29)(H,24,25,26)/t21-/m1/s1. The molecule has 1 amide bonds. The maximum atomic E-state index is 13.7. The van der Waals surface area contributed by atoms with Gasteiger partial charge in [0.05, 0.1) is 39.7 Å². The first kappa shape index (κ1) is 22.0. The van der Waals surface area contributed by atoms with Gasteiger partial charge in [-0.3, -0.25) is 4.79 Å². The van der Waals surface area contributed by atoms with Crippen molar-refractivity contribution in [3.63, 3.8) is 0 Å². The number of aromatic nitrogens is 3. The molecule has 1 aromatic heterocycles. The molecule has 4 rings (SSSR count). The summed E-state index contributed by atoms with van der Waals surface area (Å²) in [7, 11) is 6.25. The highest BCUT2D eigenvalue weighted by atomic mass is 16.5. The van der Waals surface area contributed by atoms with Crippen LogP contribution in [0.3, 0.4) is 0 Å². The van der Waals surface area contributed by atoms with Crippen LogP contribution in [0.1, 0.15) is 18.5 Å². The molecule has 2 aromatic carbocycles. The SMILES string of the molecule is COc1ccc(OC)c(NC(=O)C2=C(C)Nc3ncnn3[C@@H]2c2ccc(OC)cc2OC)c1. The fourth-order valence-electron chi connectivity index (χ4n) is 3.82. The Morgan fingerprint density at radius 2 is 1.67 bits per heavy atom. The molecule has 10 nitrogen and oxygen atoms in total. The van der Waals surface area contributed by atoms with Gasteiger partial charge in [0.2, 0.25) is 5.95 Å². The quantitative estimate of drug-likeness (QED) is 0.564. The van der Waals surface area contributed by atoms with Crippen LogP contribution in [0, 0.1) is 0 Å². The van der Waals surface area contributed by atoms with Crippen molar-refractivity contribution >= 4 is 17.5 Å². The normalized spacial score (nSPS) is 14.8. The highest BCUT2D eigenvalue weighted by Gasteiger charge is 2.35. The van der Waals surface area contributed by atoms with Gasteiger partial charge in [-0.2, -0.15) is 10.1 Å². The number of allylic oxidation sites excluding steroid dienone is 1. The lowest BCUT2D eigenvalue weighted by atomic mass is 9.94. The molecule has 1 aliphatic rings. The summed E-state index contributed by atoms with van der Waals surface area (Å²) in [4.78, 5) is 17.9. The Bertz CT molecular complexity index is 1220. The van der Waals surface area contributed by atoms with Gasteiger partial charge >= 0.3 is 0 Å². The van der Waals surface area contributed by atoms with Gasteiger partial charge < -0.3 is 29.6 Å². The number of hydrogen-bond acceptors (Lipinski definition) is 8. The fraction of sp³-hybridized carbons (Fsp3) is 0.261. The van der Waals surface area contributed by atoms with Crippen molar-refractivity contribution in [2.75, 3.05) is 39.1 Å². The molecule has 33 heavy (non-hydrogen) atoms. The average molecular weight is 451 g/mol. The van der Waals surface area contributed by atoms with Gasteiger partial charge in [-0.05, 0) is 31.2 Å². The number of amides is 1. The van der Waals surface area contributed by atoms with E-state index in [0.717, 1.165) is 5.56 Å². The Hall–Kier alpha value is -4.21. The average Bonchev–Trinajstić information content (AvgIpc) is 3.30. The van der Waals surface area contributed by atoms with Gasteiger partial charge in [0.1, 0.15) is 35.4 Å². The van der Waals surface area contributed by atoms with Gasteiger partial charge in [0.25, 0.3) is 5.91 Å². The van der Waals surface area contributed by atoms with Crippen LogP contribution in [0.5, 0.6) is 23.0 Å². The zero-order valence-electron chi connectivity index (χ0n) is 19.0. The molecule has 0 saturated heterocycles. The van der Waals surface area contributed by atoms with E-state index < -0.39 is 6.04 Å². The van der Waals surface area contributed by atoms with Gasteiger partial charge in [-0.25, -0.2) is 4.68 Å². The molecular weight excluding hydrogens is 426 g/mol. The van der Waals surface area contributed by atoms with Crippen LogP contribution >= 0.6 is 0 Å². The summed E-state index contributed by atoms with van der Waals surface area (Å²) in [6, 6.07) is 10.0. The third-order valence-electron chi connectivity index (χ3n) is 5.43. The third kappa shape index (κ3) is 4.02. The minimum absolute atomic E-state index is 0.337. The van der Waals surface area contributed by atoms with Crippen molar-refractivity contribution in [1.29, 1.82) is 0 Å². The van der Waals surface area contributed by atoms with Gasteiger partial charge in [-0.1, -0.05) is 0 Å². The second-order valence-electron chi connectivity index (χ2n) is 7.22. The maximum Gasteiger partial charge on any atom is 0.255 e.